The Morgan fingerprint density at radius 3 is 2.04 bits per heavy atom. The molecule has 0 aliphatic heterocycles. The van der Waals surface area contributed by atoms with Crippen LogP contribution < -0.4 is 5.32 Å². The fraction of sp³-hybridized carbons (Fsp3) is 0.192. The maximum atomic E-state index is 13.2. The van der Waals surface area contributed by atoms with Gasteiger partial charge in [0.15, 0.2) is 0 Å². The first-order valence-corrected chi connectivity index (χ1v) is 9.66. The van der Waals surface area contributed by atoms with Gasteiger partial charge in [0.1, 0.15) is 0 Å². The van der Waals surface area contributed by atoms with Crippen LogP contribution in [0, 0.1) is 20.8 Å². The van der Waals surface area contributed by atoms with E-state index >= 15 is 0 Å². The highest BCUT2D eigenvalue weighted by Gasteiger charge is 2.17. The predicted molar refractivity (Wildman–Crippen MR) is 118 cm³/mol. The van der Waals surface area contributed by atoms with Crippen LogP contribution >= 0.6 is 0 Å². The van der Waals surface area contributed by atoms with E-state index in [1.807, 2.05) is 73.7 Å². The number of aryl methyl sites for hydroxylation is 3. The minimum absolute atomic E-state index is 0.0693. The van der Waals surface area contributed by atoms with E-state index in [9.17, 15) is 4.79 Å². The number of hydrogen-bond acceptors (Lipinski definition) is 1. The zero-order chi connectivity index (χ0) is 20.1. The summed E-state index contributed by atoms with van der Waals surface area (Å²) < 4.78 is 0. The van der Waals surface area contributed by atoms with Crippen LogP contribution in [0.3, 0.4) is 0 Å². The van der Waals surface area contributed by atoms with Gasteiger partial charge in [-0.25, -0.2) is 0 Å². The van der Waals surface area contributed by atoms with Crippen LogP contribution in [0.15, 0.2) is 72.8 Å². The smallest absolute Gasteiger partial charge is 0.252 e. The monoisotopic (exact) mass is 369 g/mol. The molecule has 2 heteroatoms. The van der Waals surface area contributed by atoms with Crippen LogP contribution in [0.5, 0.6) is 0 Å². The van der Waals surface area contributed by atoms with Crippen molar-refractivity contribution in [2.45, 2.75) is 33.7 Å². The van der Waals surface area contributed by atoms with Crippen molar-refractivity contribution in [3.05, 3.63) is 106 Å². The normalized spacial score (nSPS) is 12.5. The molecule has 0 aromatic heterocycles. The molecule has 0 aliphatic carbocycles. The highest BCUT2D eigenvalue weighted by atomic mass is 16.1. The highest BCUT2D eigenvalue weighted by molar-refractivity contribution is 6.24. The van der Waals surface area contributed by atoms with E-state index in [0.717, 1.165) is 16.7 Å². The maximum absolute atomic E-state index is 13.2. The quantitative estimate of drug-likeness (QED) is 0.432. The van der Waals surface area contributed by atoms with Gasteiger partial charge in [-0.3, -0.25) is 4.79 Å². The van der Waals surface area contributed by atoms with Gasteiger partial charge < -0.3 is 5.32 Å². The fourth-order valence-electron chi connectivity index (χ4n) is 3.42. The molecule has 2 nitrogen and oxygen atoms in total. The molecule has 3 rings (SSSR count). The standard InChI is InChI=1S/C26H27NO/c1-18-15-20(3)24(16-19(18)2)21(4)27-26(28)25(23-13-9-6-10-14-23)17-22-11-7-5-8-12-22/h5-17,21H,1-4H3,(H,27,28)/b25-17+/t21-/m1/s1. The Bertz CT molecular complexity index is 988. The molecule has 142 valence electrons. The van der Waals surface area contributed by atoms with Crippen LogP contribution in [0.1, 0.15) is 46.3 Å². The van der Waals surface area contributed by atoms with Gasteiger partial charge in [-0.2, -0.15) is 0 Å². The SMILES string of the molecule is Cc1cc(C)c([C@@H](C)NC(=O)/C(=C/c2ccccc2)c2ccccc2)cc1C. The third kappa shape index (κ3) is 4.58. The zero-order valence-electron chi connectivity index (χ0n) is 17.0. The van der Waals surface area contributed by atoms with E-state index in [4.69, 9.17) is 0 Å². The van der Waals surface area contributed by atoms with Crippen LogP contribution in [0.4, 0.5) is 0 Å². The number of nitrogens with one attached hydrogen (secondary N) is 1. The molecule has 28 heavy (non-hydrogen) atoms. The van der Waals surface area contributed by atoms with Crippen molar-refractivity contribution in [1.82, 2.24) is 5.32 Å². The van der Waals surface area contributed by atoms with Gasteiger partial charge >= 0.3 is 0 Å². The molecule has 3 aromatic carbocycles. The van der Waals surface area contributed by atoms with Crippen LogP contribution in [0.25, 0.3) is 11.6 Å². The summed E-state index contributed by atoms with van der Waals surface area (Å²) in [4.78, 5) is 13.2. The highest BCUT2D eigenvalue weighted by Crippen LogP contribution is 2.24. The first-order chi connectivity index (χ1) is 13.5. The Labute approximate surface area is 167 Å². The Morgan fingerprint density at radius 2 is 1.39 bits per heavy atom. The zero-order valence-corrected chi connectivity index (χ0v) is 17.0. The van der Waals surface area contributed by atoms with E-state index in [2.05, 4.69) is 38.2 Å². The van der Waals surface area contributed by atoms with Gasteiger partial charge in [0, 0.05) is 5.57 Å². The number of hydrogen-bond donors (Lipinski definition) is 1. The van der Waals surface area contributed by atoms with E-state index in [-0.39, 0.29) is 11.9 Å². The second kappa shape index (κ2) is 8.71. The van der Waals surface area contributed by atoms with E-state index < -0.39 is 0 Å². The summed E-state index contributed by atoms with van der Waals surface area (Å²) in [6.07, 6.45) is 1.95. The second-order valence-corrected chi connectivity index (χ2v) is 7.32. The summed E-state index contributed by atoms with van der Waals surface area (Å²) in [7, 11) is 0. The molecule has 0 saturated heterocycles. The molecule has 1 atom stereocenters. The number of carbonyl (C=O) groups excluding carboxylic acids is 1. The average Bonchev–Trinajstić information content (AvgIpc) is 2.70. The fourth-order valence-corrected chi connectivity index (χ4v) is 3.42. The summed E-state index contributed by atoms with van der Waals surface area (Å²) in [5, 5.41) is 3.20. The molecule has 0 fully saturated rings. The average molecular weight is 370 g/mol. The predicted octanol–water partition coefficient (Wildman–Crippen LogP) is 6.03. The molecule has 1 amide bonds. The van der Waals surface area contributed by atoms with E-state index in [1.165, 1.54) is 16.7 Å². The lowest BCUT2D eigenvalue weighted by Crippen LogP contribution is -2.28. The first-order valence-electron chi connectivity index (χ1n) is 9.66. The molecule has 0 spiro atoms. The van der Waals surface area contributed by atoms with Gasteiger partial charge in [-0.05, 0) is 67.2 Å². The minimum atomic E-state index is -0.0744. The summed E-state index contributed by atoms with van der Waals surface area (Å²) in [6.45, 7) is 8.37. The summed E-state index contributed by atoms with van der Waals surface area (Å²) in [5.74, 6) is -0.0693. The van der Waals surface area contributed by atoms with Gasteiger partial charge in [0.2, 0.25) is 0 Å². The van der Waals surface area contributed by atoms with Gasteiger partial charge in [0.05, 0.1) is 6.04 Å². The summed E-state index contributed by atoms with van der Waals surface area (Å²) >= 11 is 0. The third-order valence-corrected chi connectivity index (χ3v) is 5.14. The lowest BCUT2D eigenvalue weighted by molar-refractivity contribution is -0.116. The second-order valence-electron chi connectivity index (χ2n) is 7.32. The Balaban J connectivity index is 1.92. The topological polar surface area (TPSA) is 29.1 Å². The summed E-state index contributed by atoms with van der Waals surface area (Å²) in [6, 6.07) is 24.1. The number of benzene rings is 3. The van der Waals surface area contributed by atoms with Crippen molar-refractivity contribution >= 4 is 17.6 Å². The molecular weight excluding hydrogens is 342 g/mol. The van der Waals surface area contributed by atoms with Gasteiger partial charge in [-0.1, -0.05) is 72.8 Å². The first kappa shape index (κ1) is 19.6. The number of carbonyl (C=O) groups is 1. The Hall–Kier alpha value is -3.13. The molecule has 0 heterocycles. The van der Waals surface area contributed by atoms with Crippen LogP contribution in [-0.4, -0.2) is 5.91 Å². The lowest BCUT2D eigenvalue weighted by atomic mass is 9.96. The van der Waals surface area contributed by atoms with Crippen molar-refractivity contribution in [2.24, 2.45) is 0 Å². The molecule has 1 N–H and O–H groups in total. The van der Waals surface area contributed by atoms with Crippen molar-refractivity contribution in [3.63, 3.8) is 0 Å². The van der Waals surface area contributed by atoms with E-state index in [0.29, 0.717) is 5.57 Å². The minimum Gasteiger partial charge on any atom is -0.345 e. The van der Waals surface area contributed by atoms with Crippen molar-refractivity contribution in [1.29, 1.82) is 0 Å². The number of amides is 1. The van der Waals surface area contributed by atoms with Crippen LogP contribution in [-0.2, 0) is 4.79 Å². The molecule has 0 bridgehead atoms. The van der Waals surface area contributed by atoms with Crippen LogP contribution in [0.2, 0.25) is 0 Å². The molecular formula is C26H27NO. The molecule has 0 aliphatic rings. The van der Waals surface area contributed by atoms with Crippen molar-refractivity contribution in [3.8, 4) is 0 Å². The Morgan fingerprint density at radius 1 is 0.821 bits per heavy atom. The third-order valence-electron chi connectivity index (χ3n) is 5.14. The lowest BCUT2D eigenvalue weighted by Gasteiger charge is -2.19. The van der Waals surface area contributed by atoms with Gasteiger partial charge in [0.25, 0.3) is 5.91 Å². The molecule has 0 unspecified atom stereocenters. The number of rotatable bonds is 5. The van der Waals surface area contributed by atoms with E-state index in [1.54, 1.807) is 0 Å². The molecule has 0 saturated carbocycles. The van der Waals surface area contributed by atoms with Crippen molar-refractivity contribution in [2.75, 3.05) is 0 Å². The van der Waals surface area contributed by atoms with Gasteiger partial charge in [-0.15, -0.1) is 0 Å². The summed E-state index contributed by atoms with van der Waals surface area (Å²) in [5.41, 5.74) is 7.45. The molecule has 0 radical (unpaired) electrons. The van der Waals surface area contributed by atoms with Crippen molar-refractivity contribution < 1.29 is 4.79 Å². The molecule has 3 aromatic rings. The largest absolute Gasteiger partial charge is 0.345 e. The maximum Gasteiger partial charge on any atom is 0.252 e. The Kier molecular flexibility index (Phi) is 6.10.